The monoisotopic (exact) mass is 239 g/mol. The number of hydrogen-bond donors (Lipinski definition) is 1. The Kier molecular flexibility index (Phi) is 7.10. The van der Waals surface area contributed by atoms with Gasteiger partial charge in [-0.2, -0.15) is 0 Å². The SMILES string of the molecule is CCNCCCCOc1ccc(SC)cc1. The molecule has 0 spiro atoms. The maximum Gasteiger partial charge on any atom is 0.119 e. The molecular formula is C13H21NOS. The van der Waals surface area contributed by atoms with Gasteiger partial charge in [0.05, 0.1) is 6.61 Å². The average molecular weight is 239 g/mol. The summed E-state index contributed by atoms with van der Waals surface area (Å²) in [5, 5.41) is 3.30. The molecule has 1 rings (SSSR count). The Bertz CT molecular complexity index is 274. The van der Waals surface area contributed by atoms with Crippen LogP contribution >= 0.6 is 11.8 Å². The molecule has 0 radical (unpaired) electrons. The number of unbranched alkanes of at least 4 members (excludes halogenated alkanes) is 1. The van der Waals surface area contributed by atoms with E-state index in [1.807, 2.05) is 12.1 Å². The Hall–Kier alpha value is -0.670. The molecule has 0 saturated heterocycles. The van der Waals surface area contributed by atoms with Crippen molar-refractivity contribution in [1.82, 2.24) is 5.32 Å². The van der Waals surface area contributed by atoms with E-state index in [2.05, 4.69) is 30.6 Å². The molecule has 16 heavy (non-hydrogen) atoms. The Labute approximate surface area is 103 Å². The van der Waals surface area contributed by atoms with E-state index >= 15 is 0 Å². The quantitative estimate of drug-likeness (QED) is 0.556. The van der Waals surface area contributed by atoms with E-state index < -0.39 is 0 Å². The first-order valence-electron chi connectivity index (χ1n) is 5.84. The summed E-state index contributed by atoms with van der Waals surface area (Å²) in [4.78, 5) is 1.28. The van der Waals surface area contributed by atoms with Gasteiger partial charge in [-0.1, -0.05) is 6.92 Å². The number of rotatable bonds is 8. The molecule has 0 atom stereocenters. The third-order valence-corrected chi connectivity index (χ3v) is 3.07. The van der Waals surface area contributed by atoms with Gasteiger partial charge in [0.2, 0.25) is 0 Å². The molecule has 2 nitrogen and oxygen atoms in total. The van der Waals surface area contributed by atoms with E-state index in [-0.39, 0.29) is 0 Å². The number of thioether (sulfide) groups is 1. The maximum absolute atomic E-state index is 5.65. The molecule has 0 amide bonds. The van der Waals surface area contributed by atoms with E-state index in [4.69, 9.17) is 4.74 Å². The van der Waals surface area contributed by atoms with E-state index in [9.17, 15) is 0 Å². The Morgan fingerprint density at radius 3 is 2.56 bits per heavy atom. The van der Waals surface area contributed by atoms with Crippen LogP contribution in [0.3, 0.4) is 0 Å². The van der Waals surface area contributed by atoms with Crippen LogP contribution in [0.25, 0.3) is 0 Å². The highest BCUT2D eigenvalue weighted by Gasteiger charge is 1.94. The van der Waals surface area contributed by atoms with Gasteiger partial charge in [-0.3, -0.25) is 0 Å². The van der Waals surface area contributed by atoms with E-state index in [0.717, 1.165) is 31.9 Å². The molecule has 90 valence electrons. The van der Waals surface area contributed by atoms with Crippen molar-refractivity contribution in [3.05, 3.63) is 24.3 Å². The topological polar surface area (TPSA) is 21.3 Å². The molecule has 0 heterocycles. The molecule has 0 bridgehead atoms. The minimum Gasteiger partial charge on any atom is -0.494 e. The summed E-state index contributed by atoms with van der Waals surface area (Å²) in [6, 6.07) is 8.27. The molecule has 0 aliphatic carbocycles. The predicted molar refractivity (Wildman–Crippen MR) is 71.5 cm³/mol. The fourth-order valence-electron chi connectivity index (χ4n) is 1.39. The Balaban J connectivity index is 2.12. The molecule has 0 aliphatic heterocycles. The van der Waals surface area contributed by atoms with Crippen LogP contribution in [-0.2, 0) is 0 Å². The lowest BCUT2D eigenvalue weighted by molar-refractivity contribution is 0.306. The molecular weight excluding hydrogens is 218 g/mol. The molecule has 0 saturated carbocycles. The van der Waals surface area contributed by atoms with Gasteiger partial charge >= 0.3 is 0 Å². The van der Waals surface area contributed by atoms with Crippen molar-refractivity contribution in [2.45, 2.75) is 24.7 Å². The van der Waals surface area contributed by atoms with Gasteiger partial charge in [0, 0.05) is 4.90 Å². The third kappa shape index (κ3) is 5.42. The lowest BCUT2D eigenvalue weighted by Gasteiger charge is -2.06. The van der Waals surface area contributed by atoms with Gasteiger partial charge in [0.1, 0.15) is 5.75 Å². The second-order valence-corrected chi connectivity index (χ2v) is 4.46. The first-order valence-corrected chi connectivity index (χ1v) is 7.07. The van der Waals surface area contributed by atoms with E-state index in [0.29, 0.717) is 0 Å². The molecule has 0 aromatic heterocycles. The third-order valence-electron chi connectivity index (χ3n) is 2.33. The summed E-state index contributed by atoms with van der Waals surface area (Å²) >= 11 is 1.75. The summed E-state index contributed by atoms with van der Waals surface area (Å²) in [5.41, 5.74) is 0. The highest BCUT2D eigenvalue weighted by atomic mass is 32.2. The largest absolute Gasteiger partial charge is 0.494 e. The first kappa shape index (κ1) is 13.4. The van der Waals surface area contributed by atoms with Crippen molar-refractivity contribution in [2.75, 3.05) is 26.0 Å². The smallest absolute Gasteiger partial charge is 0.119 e. The maximum atomic E-state index is 5.65. The van der Waals surface area contributed by atoms with Gasteiger partial charge in [0.25, 0.3) is 0 Å². The van der Waals surface area contributed by atoms with Crippen molar-refractivity contribution >= 4 is 11.8 Å². The summed E-state index contributed by atoms with van der Waals surface area (Å²) in [6.07, 6.45) is 4.37. The number of ether oxygens (including phenoxy) is 1. The van der Waals surface area contributed by atoms with Gasteiger partial charge in [-0.05, 0) is 56.5 Å². The van der Waals surface area contributed by atoms with Crippen LogP contribution in [0, 0.1) is 0 Å². The summed E-state index contributed by atoms with van der Waals surface area (Å²) in [7, 11) is 0. The zero-order valence-corrected chi connectivity index (χ0v) is 11.0. The molecule has 0 unspecified atom stereocenters. The van der Waals surface area contributed by atoms with E-state index in [1.54, 1.807) is 11.8 Å². The number of benzene rings is 1. The Morgan fingerprint density at radius 1 is 1.19 bits per heavy atom. The first-order chi connectivity index (χ1) is 7.86. The lowest BCUT2D eigenvalue weighted by Crippen LogP contribution is -2.14. The lowest BCUT2D eigenvalue weighted by atomic mass is 10.3. The van der Waals surface area contributed by atoms with Crippen LogP contribution in [0.5, 0.6) is 5.75 Å². The molecule has 0 aliphatic rings. The number of nitrogens with one attached hydrogen (secondary N) is 1. The zero-order chi connectivity index (χ0) is 11.6. The van der Waals surface area contributed by atoms with Crippen molar-refractivity contribution in [3.8, 4) is 5.75 Å². The zero-order valence-electron chi connectivity index (χ0n) is 10.2. The van der Waals surface area contributed by atoms with Gasteiger partial charge in [-0.15, -0.1) is 11.8 Å². The van der Waals surface area contributed by atoms with Crippen LogP contribution in [0.2, 0.25) is 0 Å². The summed E-state index contributed by atoms with van der Waals surface area (Å²) < 4.78 is 5.65. The molecule has 1 N–H and O–H groups in total. The highest BCUT2D eigenvalue weighted by Crippen LogP contribution is 2.18. The molecule has 0 fully saturated rings. The number of hydrogen-bond acceptors (Lipinski definition) is 3. The van der Waals surface area contributed by atoms with Crippen LogP contribution in [0.4, 0.5) is 0 Å². The fourth-order valence-corrected chi connectivity index (χ4v) is 1.80. The van der Waals surface area contributed by atoms with Crippen LogP contribution in [0.1, 0.15) is 19.8 Å². The van der Waals surface area contributed by atoms with Crippen molar-refractivity contribution in [2.24, 2.45) is 0 Å². The van der Waals surface area contributed by atoms with Crippen LogP contribution < -0.4 is 10.1 Å². The normalized spacial score (nSPS) is 10.4. The summed E-state index contributed by atoms with van der Waals surface area (Å²) in [5.74, 6) is 0.973. The minimum absolute atomic E-state index is 0.810. The Morgan fingerprint density at radius 2 is 1.94 bits per heavy atom. The van der Waals surface area contributed by atoms with Gasteiger partial charge in [0.15, 0.2) is 0 Å². The van der Waals surface area contributed by atoms with Crippen LogP contribution in [0.15, 0.2) is 29.2 Å². The average Bonchev–Trinajstić information content (AvgIpc) is 2.34. The van der Waals surface area contributed by atoms with E-state index in [1.165, 1.54) is 11.3 Å². The minimum atomic E-state index is 0.810. The second-order valence-electron chi connectivity index (χ2n) is 3.58. The van der Waals surface area contributed by atoms with Gasteiger partial charge < -0.3 is 10.1 Å². The molecule has 1 aromatic rings. The second kappa shape index (κ2) is 8.48. The van der Waals surface area contributed by atoms with Crippen molar-refractivity contribution < 1.29 is 4.74 Å². The van der Waals surface area contributed by atoms with Crippen molar-refractivity contribution in [1.29, 1.82) is 0 Å². The van der Waals surface area contributed by atoms with Gasteiger partial charge in [-0.25, -0.2) is 0 Å². The molecule has 1 aromatic carbocycles. The highest BCUT2D eigenvalue weighted by molar-refractivity contribution is 7.98. The fraction of sp³-hybridized carbons (Fsp3) is 0.538. The predicted octanol–water partition coefficient (Wildman–Crippen LogP) is 3.18. The summed E-state index contributed by atoms with van der Waals surface area (Å²) in [6.45, 7) is 5.08. The van der Waals surface area contributed by atoms with Crippen LogP contribution in [-0.4, -0.2) is 26.0 Å². The molecule has 3 heteroatoms. The van der Waals surface area contributed by atoms with Crippen molar-refractivity contribution in [3.63, 3.8) is 0 Å². The standard InChI is InChI=1S/C13H21NOS/c1-3-14-10-4-5-11-15-12-6-8-13(16-2)9-7-12/h6-9,14H,3-5,10-11H2,1-2H3.